The van der Waals surface area contributed by atoms with Gasteiger partial charge in [0.15, 0.2) is 0 Å². The van der Waals surface area contributed by atoms with Crippen LogP contribution in [0.1, 0.15) is 26.3 Å². The van der Waals surface area contributed by atoms with Gasteiger partial charge in [-0.2, -0.15) is 12.8 Å². The van der Waals surface area contributed by atoms with Crippen molar-refractivity contribution in [3.8, 4) is 0 Å². The van der Waals surface area contributed by atoms with Gasteiger partial charge in [0, 0.05) is 28.9 Å². The highest BCUT2D eigenvalue weighted by Crippen LogP contribution is 2.26. The van der Waals surface area contributed by atoms with Crippen molar-refractivity contribution in [3.63, 3.8) is 0 Å². The summed E-state index contributed by atoms with van der Waals surface area (Å²) >= 11 is 0. The van der Waals surface area contributed by atoms with Gasteiger partial charge in [-0.05, 0) is 36.4 Å². The number of Topliss-reactive ketones (excluding diaryl/α,β-unsaturated/α-hetero) is 1. The van der Waals surface area contributed by atoms with Crippen LogP contribution < -0.4 is 5.32 Å². The van der Waals surface area contributed by atoms with Crippen LogP contribution in [0, 0.1) is 10.1 Å². The number of anilines is 1. The Kier molecular flexibility index (Phi) is 5.78. The highest BCUT2D eigenvalue weighted by atomic mass is 32.2. The molecule has 0 aromatic heterocycles. The van der Waals surface area contributed by atoms with Crippen LogP contribution >= 0.6 is 0 Å². The van der Waals surface area contributed by atoms with Gasteiger partial charge in [0.1, 0.15) is 0 Å². The summed E-state index contributed by atoms with van der Waals surface area (Å²) in [6, 6.07) is 16.5. The monoisotopic (exact) mass is 477 g/mol. The van der Waals surface area contributed by atoms with E-state index in [4.69, 9.17) is 5.11 Å². The first kappa shape index (κ1) is 22.6. The Morgan fingerprint density at radius 3 is 2.29 bits per heavy atom. The number of nitro groups is 1. The van der Waals surface area contributed by atoms with E-state index in [0.717, 1.165) is 12.1 Å². The average molecular weight is 477 g/mol. The fourth-order valence-corrected chi connectivity index (χ4v) is 4.32. The molecular formula is C23H15N3O7S. The number of benzene rings is 3. The van der Waals surface area contributed by atoms with E-state index in [1.165, 1.54) is 48.5 Å². The molecule has 1 aliphatic carbocycles. The zero-order chi connectivity index (χ0) is 24.5. The smallest absolute Gasteiger partial charge is 0.335 e. The number of hydrogen-bond acceptors (Lipinski definition) is 7. The zero-order valence-corrected chi connectivity index (χ0v) is 18.0. The Hall–Kier alpha value is -4.64. The summed E-state index contributed by atoms with van der Waals surface area (Å²) in [5, 5.41) is 22.9. The number of ketones is 1. The van der Waals surface area contributed by atoms with Crippen LogP contribution in [0.3, 0.4) is 0 Å². The van der Waals surface area contributed by atoms with Crippen molar-refractivity contribution >= 4 is 38.9 Å². The lowest BCUT2D eigenvalue weighted by Gasteiger charge is -2.18. The molecule has 170 valence electrons. The Bertz CT molecular complexity index is 1510. The maximum absolute atomic E-state index is 13.0. The van der Waals surface area contributed by atoms with E-state index in [0.29, 0.717) is 5.69 Å². The minimum Gasteiger partial charge on any atom is -0.478 e. The Balaban J connectivity index is 1.78. The number of non-ortho nitro benzene ring substituents is 1. The number of aromatic carboxylic acids is 1. The summed E-state index contributed by atoms with van der Waals surface area (Å²) in [5.41, 5.74) is 0.551. The van der Waals surface area contributed by atoms with E-state index in [9.17, 15) is 28.1 Å². The molecule has 34 heavy (non-hydrogen) atoms. The van der Waals surface area contributed by atoms with E-state index in [-0.39, 0.29) is 33.0 Å². The second-order valence-electron chi connectivity index (χ2n) is 7.15. The number of nitro benzene ring substituents is 1. The molecule has 0 amide bonds. The molecule has 0 bridgehead atoms. The molecule has 10 nitrogen and oxygen atoms in total. The molecule has 4 rings (SSSR count). The number of carbonyl (C=O) groups excluding carboxylic acids is 1. The molecule has 0 saturated carbocycles. The van der Waals surface area contributed by atoms with Crippen LogP contribution in [0.15, 0.2) is 93.9 Å². The topological polar surface area (TPSA) is 156 Å². The summed E-state index contributed by atoms with van der Waals surface area (Å²) in [6.45, 7) is 0. The minimum absolute atomic E-state index is 0.0229. The van der Waals surface area contributed by atoms with Gasteiger partial charge >= 0.3 is 5.97 Å². The van der Waals surface area contributed by atoms with Crippen molar-refractivity contribution in [1.29, 1.82) is 0 Å². The van der Waals surface area contributed by atoms with E-state index < -0.39 is 32.4 Å². The number of carbonyl (C=O) groups is 2. The molecule has 0 heterocycles. The number of sulfonamides is 1. The SMILES string of the molecule is O=C(O)c1ccc(NC2=CC(=NS(=O)(=O)c3cccc([N+](=O)[O-])c3)c3ccccc3C2=O)cc1. The van der Waals surface area contributed by atoms with E-state index in [1.807, 2.05) is 0 Å². The number of fused-ring (bicyclic) bond motifs is 1. The normalized spacial score (nSPS) is 14.3. The van der Waals surface area contributed by atoms with Gasteiger partial charge < -0.3 is 10.4 Å². The molecule has 3 aromatic rings. The third kappa shape index (κ3) is 4.45. The number of hydrogen-bond donors (Lipinski definition) is 2. The van der Waals surface area contributed by atoms with Gasteiger partial charge in [-0.15, -0.1) is 0 Å². The van der Waals surface area contributed by atoms with Gasteiger partial charge in [0.25, 0.3) is 15.7 Å². The Labute approximate surface area is 193 Å². The molecule has 0 atom stereocenters. The molecule has 2 N–H and O–H groups in total. The summed E-state index contributed by atoms with van der Waals surface area (Å²) in [7, 11) is -4.35. The van der Waals surface area contributed by atoms with Gasteiger partial charge in [0.2, 0.25) is 5.78 Å². The number of rotatable bonds is 6. The largest absolute Gasteiger partial charge is 0.478 e. The number of nitrogens with one attached hydrogen (secondary N) is 1. The Morgan fingerprint density at radius 1 is 0.971 bits per heavy atom. The lowest BCUT2D eigenvalue weighted by Crippen LogP contribution is -2.22. The fraction of sp³-hybridized carbons (Fsp3) is 0. The van der Waals surface area contributed by atoms with Crippen molar-refractivity contribution in [3.05, 3.63) is 111 Å². The standard InChI is InChI=1S/C23H15N3O7S/c27-22-19-7-2-1-6-18(19)20(13-21(22)24-15-10-8-14(9-11-15)23(28)29)25-34(32,33)17-5-3-4-16(12-17)26(30)31/h1-13,24H,(H,28,29). The molecule has 0 spiro atoms. The van der Waals surface area contributed by atoms with Crippen molar-refractivity contribution in [2.75, 3.05) is 5.32 Å². The molecule has 1 aliphatic rings. The summed E-state index contributed by atoms with van der Waals surface area (Å²) in [6.07, 6.45) is 1.27. The van der Waals surface area contributed by atoms with Crippen molar-refractivity contribution < 1.29 is 28.0 Å². The van der Waals surface area contributed by atoms with Crippen LogP contribution in [0.5, 0.6) is 0 Å². The highest BCUT2D eigenvalue weighted by Gasteiger charge is 2.26. The van der Waals surface area contributed by atoms with Crippen LogP contribution in [-0.2, 0) is 10.0 Å². The maximum atomic E-state index is 13.0. The van der Waals surface area contributed by atoms with Crippen LogP contribution in [0.2, 0.25) is 0 Å². The average Bonchev–Trinajstić information content (AvgIpc) is 2.82. The molecule has 0 fully saturated rings. The van der Waals surface area contributed by atoms with Crippen LogP contribution in [0.4, 0.5) is 11.4 Å². The van der Waals surface area contributed by atoms with E-state index in [2.05, 4.69) is 9.71 Å². The lowest BCUT2D eigenvalue weighted by atomic mass is 9.92. The van der Waals surface area contributed by atoms with Gasteiger partial charge in [-0.25, -0.2) is 4.79 Å². The summed E-state index contributed by atoms with van der Waals surface area (Å²) < 4.78 is 29.7. The Morgan fingerprint density at radius 2 is 1.65 bits per heavy atom. The second kappa shape index (κ2) is 8.71. The zero-order valence-electron chi connectivity index (χ0n) is 17.2. The molecular weight excluding hydrogens is 462 g/mol. The molecule has 0 saturated heterocycles. The fourth-order valence-electron chi connectivity index (χ4n) is 3.29. The van der Waals surface area contributed by atoms with Gasteiger partial charge in [0.05, 0.1) is 26.8 Å². The number of carboxylic acids is 1. The maximum Gasteiger partial charge on any atom is 0.335 e. The first-order valence-electron chi connectivity index (χ1n) is 9.71. The van der Waals surface area contributed by atoms with Gasteiger partial charge in [-0.3, -0.25) is 14.9 Å². The predicted molar refractivity (Wildman–Crippen MR) is 123 cm³/mol. The van der Waals surface area contributed by atoms with Crippen LogP contribution in [0.25, 0.3) is 0 Å². The molecule has 11 heteroatoms. The third-order valence-corrected chi connectivity index (χ3v) is 6.22. The number of carboxylic acid groups (broad SMARTS) is 1. The first-order valence-corrected chi connectivity index (χ1v) is 11.2. The molecule has 0 aliphatic heterocycles. The predicted octanol–water partition coefficient (Wildman–Crippen LogP) is 3.66. The summed E-state index contributed by atoms with van der Waals surface area (Å²) in [5.74, 6) is -1.51. The van der Waals surface area contributed by atoms with E-state index >= 15 is 0 Å². The first-order chi connectivity index (χ1) is 16.2. The van der Waals surface area contributed by atoms with Crippen molar-refractivity contribution in [2.24, 2.45) is 4.40 Å². The van der Waals surface area contributed by atoms with E-state index in [1.54, 1.807) is 18.2 Å². The second-order valence-corrected chi connectivity index (χ2v) is 8.75. The number of allylic oxidation sites excluding steroid dienone is 2. The molecule has 0 unspecified atom stereocenters. The lowest BCUT2D eigenvalue weighted by molar-refractivity contribution is -0.385. The third-order valence-electron chi connectivity index (χ3n) is 4.93. The minimum atomic E-state index is -4.35. The molecule has 3 aromatic carbocycles. The van der Waals surface area contributed by atoms with Crippen molar-refractivity contribution in [1.82, 2.24) is 0 Å². The highest BCUT2D eigenvalue weighted by molar-refractivity contribution is 7.90. The molecule has 0 radical (unpaired) electrons. The summed E-state index contributed by atoms with van der Waals surface area (Å²) in [4.78, 5) is 34.0. The van der Waals surface area contributed by atoms with Gasteiger partial charge in [-0.1, -0.05) is 30.3 Å². The quantitative estimate of drug-likeness (QED) is 0.402. The van der Waals surface area contributed by atoms with Crippen LogP contribution in [-0.4, -0.2) is 35.9 Å². The van der Waals surface area contributed by atoms with Crippen molar-refractivity contribution in [2.45, 2.75) is 4.90 Å². The number of nitrogens with zero attached hydrogens (tertiary/aromatic N) is 2.